The van der Waals surface area contributed by atoms with Gasteiger partial charge < -0.3 is 10.5 Å². The number of aromatic nitrogens is 1. The Hall–Kier alpha value is -0.580. The van der Waals surface area contributed by atoms with Crippen molar-refractivity contribution in [3.63, 3.8) is 0 Å². The van der Waals surface area contributed by atoms with Crippen molar-refractivity contribution in [3.05, 3.63) is 30.1 Å². The Morgan fingerprint density at radius 2 is 2.31 bits per heavy atom. The number of rotatable bonds is 4. The monoisotopic (exact) mass is 238 g/mol. The van der Waals surface area contributed by atoms with E-state index in [4.69, 9.17) is 10.5 Å². The Balaban J connectivity index is 1.94. The molecule has 1 aromatic rings. The minimum Gasteiger partial charge on any atom is -0.381 e. The molecule has 0 spiro atoms. The third kappa shape index (κ3) is 3.20. The first-order valence-electron chi connectivity index (χ1n) is 5.73. The van der Waals surface area contributed by atoms with Gasteiger partial charge in [-0.2, -0.15) is 0 Å². The molecule has 0 radical (unpaired) electrons. The van der Waals surface area contributed by atoms with E-state index in [1.54, 1.807) is 6.20 Å². The summed E-state index contributed by atoms with van der Waals surface area (Å²) in [4.78, 5) is 4.15. The Bertz CT molecular complexity index is 301. The summed E-state index contributed by atoms with van der Waals surface area (Å²) < 4.78 is 5.36. The summed E-state index contributed by atoms with van der Waals surface area (Å²) in [6, 6.07) is 4.08. The summed E-state index contributed by atoms with van der Waals surface area (Å²) in [5.74, 6) is 0. The molecule has 1 atom stereocenters. The van der Waals surface area contributed by atoms with Gasteiger partial charge in [-0.1, -0.05) is 6.07 Å². The lowest BCUT2D eigenvalue weighted by Gasteiger charge is -2.25. The van der Waals surface area contributed by atoms with Crippen molar-refractivity contribution < 1.29 is 4.74 Å². The zero-order valence-corrected chi connectivity index (χ0v) is 10.2. The first kappa shape index (κ1) is 11.9. The second-order valence-electron chi connectivity index (χ2n) is 3.96. The zero-order chi connectivity index (χ0) is 11.2. The highest BCUT2D eigenvalue weighted by molar-refractivity contribution is 8.00. The van der Waals surface area contributed by atoms with Crippen LogP contribution in [0, 0.1) is 0 Å². The Kier molecular flexibility index (Phi) is 4.63. The lowest BCUT2D eigenvalue weighted by Crippen LogP contribution is -2.21. The standard InChI is InChI=1S/C12H18N2OS/c13-8-12(10-2-1-5-14-9-10)16-11-3-6-15-7-4-11/h1-2,5,9,11-12H,3-4,6-8,13H2. The minimum absolute atomic E-state index is 0.372. The van der Waals surface area contributed by atoms with Crippen LogP contribution in [0.3, 0.4) is 0 Å². The Morgan fingerprint density at radius 1 is 1.50 bits per heavy atom. The Labute approximate surface area is 101 Å². The average Bonchev–Trinajstić information content (AvgIpc) is 2.38. The van der Waals surface area contributed by atoms with E-state index < -0.39 is 0 Å². The molecular formula is C12H18N2OS. The first-order chi connectivity index (χ1) is 7.90. The van der Waals surface area contributed by atoms with Crippen molar-refractivity contribution in [2.75, 3.05) is 19.8 Å². The molecule has 1 aliphatic heterocycles. The molecule has 2 rings (SSSR count). The predicted octanol–water partition coefficient (Wildman–Crippen LogP) is 1.99. The van der Waals surface area contributed by atoms with Gasteiger partial charge in [0.15, 0.2) is 0 Å². The van der Waals surface area contributed by atoms with Crippen LogP contribution in [0.1, 0.15) is 23.7 Å². The maximum atomic E-state index is 5.84. The van der Waals surface area contributed by atoms with Crippen LogP contribution in [0.2, 0.25) is 0 Å². The summed E-state index contributed by atoms with van der Waals surface area (Å²) in [5.41, 5.74) is 7.08. The molecule has 1 unspecified atom stereocenters. The molecule has 4 heteroatoms. The van der Waals surface area contributed by atoms with Gasteiger partial charge in [-0.15, -0.1) is 11.8 Å². The van der Waals surface area contributed by atoms with Crippen LogP contribution < -0.4 is 5.73 Å². The SMILES string of the molecule is NCC(SC1CCOCC1)c1cccnc1. The number of hydrogen-bond acceptors (Lipinski definition) is 4. The van der Waals surface area contributed by atoms with Gasteiger partial charge in [0.25, 0.3) is 0 Å². The fourth-order valence-corrected chi connectivity index (χ4v) is 3.22. The molecule has 1 saturated heterocycles. The predicted molar refractivity (Wildman–Crippen MR) is 67.5 cm³/mol. The number of ether oxygens (including phenoxy) is 1. The molecule has 1 aromatic heterocycles. The minimum atomic E-state index is 0.372. The van der Waals surface area contributed by atoms with Crippen molar-refractivity contribution in [2.45, 2.75) is 23.3 Å². The molecule has 3 nitrogen and oxygen atoms in total. The van der Waals surface area contributed by atoms with Crippen LogP contribution in [0.4, 0.5) is 0 Å². The smallest absolute Gasteiger partial charge is 0.0476 e. The molecule has 2 heterocycles. The van der Waals surface area contributed by atoms with Crippen molar-refractivity contribution in [3.8, 4) is 0 Å². The van der Waals surface area contributed by atoms with Crippen molar-refractivity contribution in [1.29, 1.82) is 0 Å². The molecule has 0 aliphatic carbocycles. The molecule has 2 N–H and O–H groups in total. The highest BCUT2D eigenvalue weighted by Gasteiger charge is 2.20. The molecule has 88 valence electrons. The highest BCUT2D eigenvalue weighted by Crippen LogP contribution is 2.35. The molecule has 16 heavy (non-hydrogen) atoms. The van der Waals surface area contributed by atoms with Crippen LogP contribution in [-0.4, -0.2) is 30.0 Å². The summed E-state index contributed by atoms with van der Waals surface area (Å²) >= 11 is 1.97. The topological polar surface area (TPSA) is 48.1 Å². The fourth-order valence-electron chi connectivity index (χ4n) is 1.88. The van der Waals surface area contributed by atoms with Crippen molar-refractivity contribution in [2.24, 2.45) is 5.73 Å². The average molecular weight is 238 g/mol. The van der Waals surface area contributed by atoms with Gasteiger partial charge in [0.05, 0.1) is 0 Å². The lowest BCUT2D eigenvalue weighted by atomic mass is 10.2. The summed E-state index contributed by atoms with van der Waals surface area (Å²) in [6.07, 6.45) is 6.00. The van der Waals surface area contributed by atoms with E-state index in [1.807, 2.05) is 24.0 Å². The number of hydrogen-bond donors (Lipinski definition) is 1. The van der Waals surface area contributed by atoms with Crippen LogP contribution in [0.15, 0.2) is 24.5 Å². The third-order valence-electron chi connectivity index (χ3n) is 2.80. The van der Waals surface area contributed by atoms with Gasteiger partial charge in [-0.25, -0.2) is 0 Å². The van der Waals surface area contributed by atoms with Gasteiger partial charge in [-0.05, 0) is 24.5 Å². The second kappa shape index (κ2) is 6.23. The highest BCUT2D eigenvalue weighted by atomic mass is 32.2. The van der Waals surface area contributed by atoms with Gasteiger partial charge in [0.2, 0.25) is 0 Å². The summed E-state index contributed by atoms with van der Waals surface area (Å²) in [6.45, 7) is 2.46. The maximum Gasteiger partial charge on any atom is 0.0476 e. The molecule has 1 fully saturated rings. The first-order valence-corrected chi connectivity index (χ1v) is 6.67. The van der Waals surface area contributed by atoms with E-state index >= 15 is 0 Å². The summed E-state index contributed by atoms with van der Waals surface area (Å²) in [7, 11) is 0. The largest absolute Gasteiger partial charge is 0.381 e. The molecule has 0 bridgehead atoms. The maximum absolute atomic E-state index is 5.84. The molecule has 0 amide bonds. The van der Waals surface area contributed by atoms with Crippen LogP contribution >= 0.6 is 11.8 Å². The van der Waals surface area contributed by atoms with Crippen molar-refractivity contribution in [1.82, 2.24) is 4.98 Å². The normalized spacial score (nSPS) is 19.6. The quantitative estimate of drug-likeness (QED) is 0.871. The van der Waals surface area contributed by atoms with E-state index in [1.165, 1.54) is 5.56 Å². The molecule has 0 aromatic carbocycles. The van der Waals surface area contributed by atoms with E-state index in [-0.39, 0.29) is 0 Å². The molecule has 1 aliphatic rings. The number of nitrogens with zero attached hydrogens (tertiary/aromatic N) is 1. The van der Waals surface area contributed by atoms with Gasteiger partial charge in [0, 0.05) is 42.7 Å². The van der Waals surface area contributed by atoms with Crippen LogP contribution in [0.25, 0.3) is 0 Å². The number of nitrogens with two attached hydrogens (primary N) is 1. The second-order valence-corrected chi connectivity index (χ2v) is 5.47. The van der Waals surface area contributed by atoms with Gasteiger partial charge >= 0.3 is 0 Å². The van der Waals surface area contributed by atoms with E-state index in [0.29, 0.717) is 17.0 Å². The van der Waals surface area contributed by atoms with Crippen LogP contribution in [0.5, 0.6) is 0 Å². The summed E-state index contributed by atoms with van der Waals surface area (Å²) in [5, 5.41) is 1.05. The fraction of sp³-hybridized carbons (Fsp3) is 0.583. The third-order valence-corrected chi connectivity index (χ3v) is 4.44. The molecule has 0 saturated carbocycles. The molecular weight excluding hydrogens is 220 g/mol. The lowest BCUT2D eigenvalue weighted by molar-refractivity contribution is 0.0999. The van der Waals surface area contributed by atoms with E-state index in [0.717, 1.165) is 26.1 Å². The Morgan fingerprint density at radius 3 is 2.94 bits per heavy atom. The van der Waals surface area contributed by atoms with Crippen LogP contribution in [-0.2, 0) is 4.74 Å². The van der Waals surface area contributed by atoms with Gasteiger partial charge in [0.1, 0.15) is 0 Å². The zero-order valence-electron chi connectivity index (χ0n) is 9.34. The van der Waals surface area contributed by atoms with E-state index in [9.17, 15) is 0 Å². The van der Waals surface area contributed by atoms with Crippen molar-refractivity contribution >= 4 is 11.8 Å². The van der Waals surface area contributed by atoms with Gasteiger partial charge in [-0.3, -0.25) is 4.98 Å². The number of pyridine rings is 1. The number of thioether (sulfide) groups is 1. The van der Waals surface area contributed by atoms with E-state index in [2.05, 4.69) is 11.1 Å².